The SMILES string of the molecule is CC1=CC(C)(C)c2cc3[cH-]c4cc5c(cc4c3cc21)C(C)=CC5(C)C.CCCCC1[C-]=CC(C(C)(C)C)=C1.Clc1cccc([C](=[Zr+2])c2cccc(Cl)c2)c1.[Cl-].[Cl-]. The van der Waals surface area contributed by atoms with E-state index in [-0.39, 0.29) is 35.6 Å². The smallest absolute Gasteiger partial charge is 1.00 e. The zero-order chi connectivity index (χ0) is 39.2. The standard InChI is InChI=1S/C25H25.C13H8Cl2.C13H21.2ClH.Zr/c1-14-12-24(3,4)22-8-16-7-17-9-23-19(15(2)13-25(23,5)6)11-21(17)20(16)10-18(14)22;14-12-5-1-3-10(8-12)7-11-4-2-6-13(15)9-11;1-5-6-7-11-8-9-12(10-11)13(2,3)4;;;/h7-13H,1-6H3;1-6,8-9H;9-11H,5-7H2,1-4H3;2*1H;/q-1;;-1;;;+2/p-2. The first-order valence-electron chi connectivity index (χ1n) is 19.4. The summed E-state index contributed by atoms with van der Waals surface area (Å²) in [6, 6.07) is 27.9. The van der Waals surface area contributed by atoms with Crippen molar-refractivity contribution in [1.29, 1.82) is 0 Å². The van der Waals surface area contributed by atoms with E-state index in [1.807, 2.05) is 36.4 Å². The molecule has 0 aromatic heterocycles. The van der Waals surface area contributed by atoms with Gasteiger partial charge in [-0.15, -0.1) is 39.7 Å². The predicted molar refractivity (Wildman–Crippen MR) is 235 cm³/mol. The van der Waals surface area contributed by atoms with E-state index >= 15 is 0 Å². The summed E-state index contributed by atoms with van der Waals surface area (Å²) >= 11 is 13.3. The van der Waals surface area contributed by atoms with Crippen LogP contribution in [0.4, 0.5) is 0 Å². The molecule has 0 spiro atoms. The van der Waals surface area contributed by atoms with Crippen molar-refractivity contribution in [2.24, 2.45) is 11.3 Å². The van der Waals surface area contributed by atoms with Gasteiger partial charge in [-0.1, -0.05) is 121 Å². The first-order valence-corrected chi connectivity index (χ1v) is 21.4. The van der Waals surface area contributed by atoms with Crippen LogP contribution in [0, 0.1) is 17.4 Å². The van der Waals surface area contributed by atoms with E-state index in [1.165, 1.54) is 107 Å². The Morgan fingerprint density at radius 3 is 1.61 bits per heavy atom. The summed E-state index contributed by atoms with van der Waals surface area (Å²) in [5.41, 5.74) is 13.0. The van der Waals surface area contributed by atoms with Crippen molar-refractivity contribution in [3.63, 3.8) is 0 Å². The van der Waals surface area contributed by atoms with Crippen molar-refractivity contribution >= 4 is 59.1 Å². The van der Waals surface area contributed by atoms with Gasteiger partial charge in [0, 0.05) is 10.8 Å². The van der Waals surface area contributed by atoms with Crippen molar-refractivity contribution in [2.75, 3.05) is 0 Å². The van der Waals surface area contributed by atoms with Crippen LogP contribution in [0.5, 0.6) is 0 Å². The molecule has 1 atom stereocenters. The van der Waals surface area contributed by atoms with E-state index in [1.54, 1.807) is 0 Å². The maximum Gasteiger partial charge on any atom is -1.00 e. The third-order valence-electron chi connectivity index (χ3n) is 11.2. The van der Waals surface area contributed by atoms with Gasteiger partial charge in [-0.25, -0.2) is 6.08 Å². The second-order valence-corrected chi connectivity index (χ2v) is 19.6. The maximum absolute atomic E-state index is 5.98. The largest absolute Gasteiger partial charge is 1.00 e. The van der Waals surface area contributed by atoms with Gasteiger partial charge in [-0.05, 0) is 36.1 Å². The van der Waals surface area contributed by atoms with Gasteiger partial charge in [0.1, 0.15) is 0 Å². The Hall–Kier alpha value is -2.38. The zero-order valence-electron chi connectivity index (χ0n) is 34.5. The topological polar surface area (TPSA) is 0 Å². The van der Waals surface area contributed by atoms with E-state index in [0.717, 1.165) is 21.2 Å². The van der Waals surface area contributed by atoms with E-state index in [0.29, 0.717) is 11.3 Å². The molecule has 0 aliphatic heterocycles. The van der Waals surface area contributed by atoms with Crippen LogP contribution in [0.15, 0.2) is 109 Å². The minimum absolute atomic E-state index is 0. The van der Waals surface area contributed by atoms with Crippen LogP contribution < -0.4 is 24.8 Å². The van der Waals surface area contributed by atoms with Gasteiger partial charge in [0.05, 0.1) is 0 Å². The fraction of sp³-hybridized carbons (Fsp3) is 0.333. The molecule has 0 bridgehead atoms. The quantitative estimate of drug-likeness (QED) is 0.155. The van der Waals surface area contributed by atoms with Crippen LogP contribution in [0.1, 0.15) is 122 Å². The van der Waals surface area contributed by atoms with E-state index in [9.17, 15) is 0 Å². The van der Waals surface area contributed by atoms with Crippen LogP contribution in [-0.4, -0.2) is 3.21 Å². The normalized spacial score (nSPS) is 17.0. The Morgan fingerprint density at radius 1 is 0.750 bits per heavy atom. The molecule has 5 aromatic rings. The number of hydrogen-bond acceptors (Lipinski definition) is 0. The molecule has 0 heterocycles. The molecule has 56 heavy (non-hydrogen) atoms. The maximum atomic E-state index is 5.98. The van der Waals surface area contributed by atoms with Crippen molar-refractivity contribution in [1.82, 2.24) is 0 Å². The summed E-state index contributed by atoms with van der Waals surface area (Å²) in [5, 5.41) is 7.10. The average Bonchev–Trinajstić information content (AvgIpc) is 3.84. The van der Waals surface area contributed by atoms with E-state index < -0.39 is 0 Å². The molecule has 3 aliphatic carbocycles. The first kappa shape index (κ1) is 46.3. The second kappa shape index (κ2) is 18.3. The molecule has 5 aromatic carbocycles. The van der Waals surface area contributed by atoms with Crippen molar-refractivity contribution in [3.8, 4) is 0 Å². The molecule has 5 heteroatoms. The monoisotopic (exact) mass is 896 g/mol. The average molecular weight is 900 g/mol. The molecular weight excluding hydrogens is 846 g/mol. The number of fused-ring (bicyclic) bond motifs is 5. The summed E-state index contributed by atoms with van der Waals surface area (Å²) in [5.74, 6) is 0.592. The number of rotatable bonds is 5. The Bertz CT molecular complexity index is 2230. The summed E-state index contributed by atoms with van der Waals surface area (Å²) in [6.45, 7) is 22.8. The Morgan fingerprint density at radius 2 is 1.21 bits per heavy atom. The molecule has 0 radical (unpaired) electrons. The zero-order valence-corrected chi connectivity index (χ0v) is 40.0. The third kappa shape index (κ3) is 10.1. The molecule has 292 valence electrons. The second-order valence-electron chi connectivity index (χ2n) is 17.5. The minimum Gasteiger partial charge on any atom is -1.00 e. The summed E-state index contributed by atoms with van der Waals surface area (Å²) in [7, 11) is 0. The first-order chi connectivity index (χ1) is 25.4. The molecule has 3 aliphatic rings. The van der Waals surface area contributed by atoms with Crippen LogP contribution in [0.2, 0.25) is 10.0 Å². The van der Waals surface area contributed by atoms with Gasteiger partial charge in [0.2, 0.25) is 0 Å². The van der Waals surface area contributed by atoms with Crippen molar-refractivity contribution < 1.29 is 49.0 Å². The number of allylic oxidation sites excluding steroid dienone is 8. The molecule has 0 nitrogen and oxygen atoms in total. The molecule has 0 saturated carbocycles. The molecule has 0 N–H and O–H groups in total. The number of hydrogen-bond donors (Lipinski definition) is 0. The van der Waals surface area contributed by atoms with Crippen LogP contribution >= 0.6 is 23.2 Å². The Balaban J connectivity index is 0.000000196. The summed E-state index contributed by atoms with van der Waals surface area (Å²) in [6.07, 6.45) is 16.7. The molecular formula is C51H54Cl4Zr-2. The summed E-state index contributed by atoms with van der Waals surface area (Å²) in [4.78, 5) is 0. The molecule has 1 unspecified atom stereocenters. The van der Waals surface area contributed by atoms with Gasteiger partial charge >= 0.3 is 120 Å². The fourth-order valence-corrected chi connectivity index (χ4v) is 9.38. The van der Waals surface area contributed by atoms with E-state index in [4.69, 9.17) is 23.2 Å². The molecule has 8 rings (SSSR count). The van der Waals surface area contributed by atoms with Gasteiger partial charge < -0.3 is 24.8 Å². The third-order valence-corrected chi connectivity index (χ3v) is 13.1. The molecule has 0 amide bonds. The number of unbranched alkanes of at least 4 members (excludes halogenated alkanes) is 1. The van der Waals surface area contributed by atoms with E-state index in [2.05, 4.69) is 142 Å². The van der Waals surface area contributed by atoms with Crippen LogP contribution in [0.3, 0.4) is 0 Å². The van der Waals surface area contributed by atoms with Gasteiger partial charge in [-0.2, -0.15) is 11.6 Å². The molecule has 0 fully saturated rings. The van der Waals surface area contributed by atoms with Crippen LogP contribution in [-0.2, 0) is 35.1 Å². The Labute approximate surface area is 374 Å². The number of benzene rings is 4. The molecule has 0 saturated heterocycles. The predicted octanol–water partition coefficient (Wildman–Crippen LogP) is 9.36. The van der Waals surface area contributed by atoms with Crippen LogP contribution in [0.25, 0.3) is 32.7 Å². The minimum atomic E-state index is 0. The number of halogens is 4. The summed E-state index contributed by atoms with van der Waals surface area (Å²) < 4.78 is 1.26. The van der Waals surface area contributed by atoms with Gasteiger partial charge in [0.25, 0.3) is 0 Å². The Kier molecular flexibility index (Phi) is 15.1. The van der Waals surface area contributed by atoms with Gasteiger partial charge in [0.15, 0.2) is 0 Å². The fourth-order valence-electron chi connectivity index (χ4n) is 8.24. The van der Waals surface area contributed by atoms with Gasteiger partial charge in [-0.3, -0.25) is 6.08 Å². The van der Waals surface area contributed by atoms with Crippen molar-refractivity contribution in [2.45, 2.75) is 99.3 Å². The van der Waals surface area contributed by atoms with Crippen molar-refractivity contribution in [3.05, 3.63) is 158 Å².